The number of hydrogen-bond acceptors (Lipinski definition) is 4. The third kappa shape index (κ3) is 2.59. The van der Waals surface area contributed by atoms with Crippen molar-refractivity contribution in [3.63, 3.8) is 0 Å². The van der Waals surface area contributed by atoms with Gasteiger partial charge in [-0.2, -0.15) is 0 Å². The number of aliphatic hydroxyl groups excluding tert-OH is 1. The number of carboxylic acid groups (broad SMARTS) is 1. The molecule has 0 amide bonds. The minimum atomic E-state index is -1.45. The average molecular weight is 340 g/mol. The van der Waals surface area contributed by atoms with E-state index < -0.39 is 18.0 Å². The number of halogens is 1. The number of carbonyl (C=O) groups is 1. The molecule has 1 aromatic carbocycles. The highest BCUT2D eigenvalue weighted by Gasteiger charge is 2.41. The maximum Gasteiger partial charge on any atom is 0.318 e. The van der Waals surface area contributed by atoms with Gasteiger partial charge < -0.3 is 10.2 Å². The Hall–Kier alpha value is -1.73. The van der Waals surface area contributed by atoms with Crippen LogP contribution < -0.4 is 0 Å². The predicted molar refractivity (Wildman–Crippen MR) is 75.3 cm³/mol. The summed E-state index contributed by atoms with van der Waals surface area (Å²) in [6.07, 6.45) is 0. The van der Waals surface area contributed by atoms with E-state index in [0.29, 0.717) is 16.1 Å². The van der Waals surface area contributed by atoms with E-state index in [1.165, 1.54) is 4.68 Å². The van der Waals surface area contributed by atoms with Crippen LogP contribution in [0, 0.1) is 6.92 Å². The third-order valence-electron chi connectivity index (χ3n) is 3.26. The monoisotopic (exact) mass is 339 g/mol. The van der Waals surface area contributed by atoms with Crippen LogP contribution in [0.2, 0.25) is 0 Å². The van der Waals surface area contributed by atoms with E-state index in [0.717, 1.165) is 0 Å². The van der Waals surface area contributed by atoms with Gasteiger partial charge in [0.05, 0.1) is 13.2 Å². The fourth-order valence-corrected chi connectivity index (χ4v) is 2.49. The lowest BCUT2D eigenvalue weighted by molar-refractivity contribution is -0.146. The fourth-order valence-electron chi connectivity index (χ4n) is 2.04. The van der Waals surface area contributed by atoms with Gasteiger partial charge in [0, 0.05) is 0 Å². The fraction of sp³-hybridized carbons (Fsp3) is 0.308. The SMILES string of the molecule is Cc1nc(Br)nn1C[C@](CO)(C(=O)O)c1ccccc1. The van der Waals surface area contributed by atoms with Crippen LogP contribution in [0.1, 0.15) is 11.4 Å². The molecule has 6 nitrogen and oxygen atoms in total. The first-order valence-corrected chi connectivity index (χ1v) is 6.75. The number of carboxylic acids is 1. The molecular formula is C13H14BrN3O3. The summed E-state index contributed by atoms with van der Waals surface area (Å²) in [6.45, 7) is 1.21. The van der Waals surface area contributed by atoms with E-state index >= 15 is 0 Å². The number of aliphatic carboxylic acids is 1. The van der Waals surface area contributed by atoms with E-state index in [9.17, 15) is 15.0 Å². The maximum atomic E-state index is 11.7. The molecule has 7 heteroatoms. The van der Waals surface area contributed by atoms with Crippen LogP contribution in [0.5, 0.6) is 0 Å². The van der Waals surface area contributed by atoms with Gasteiger partial charge in [0.1, 0.15) is 11.2 Å². The summed E-state index contributed by atoms with van der Waals surface area (Å²) < 4.78 is 1.86. The molecule has 1 aromatic heterocycles. The van der Waals surface area contributed by atoms with Gasteiger partial charge >= 0.3 is 5.97 Å². The van der Waals surface area contributed by atoms with E-state index in [1.54, 1.807) is 37.3 Å². The Labute approximate surface area is 124 Å². The first-order valence-electron chi connectivity index (χ1n) is 5.96. The second kappa shape index (κ2) is 5.72. The molecule has 2 N–H and O–H groups in total. The average Bonchev–Trinajstić information content (AvgIpc) is 2.74. The Kier molecular flexibility index (Phi) is 4.20. The van der Waals surface area contributed by atoms with Crippen LogP contribution in [0.4, 0.5) is 0 Å². The Morgan fingerprint density at radius 1 is 1.40 bits per heavy atom. The van der Waals surface area contributed by atoms with Crippen molar-refractivity contribution in [3.8, 4) is 0 Å². The zero-order valence-electron chi connectivity index (χ0n) is 10.8. The molecule has 0 saturated heterocycles. The lowest BCUT2D eigenvalue weighted by Crippen LogP contribution is -2.44. The molecule has 0 radical (unpaired) electrons. The summed E-state index contributed by atoms with van der Waals surface area (Å²) in [5, 5.41) is 23.4. The number of rotatable bonds is 5. The van der Waals surface area contributed by atoms with Gasteiger partial charge in [-0.3, -0.25) is 4.79 Å². The second-order valence-corrected chi connectivity index (χ2v) is 5.21. The standard InChI is InChI=1S/C13H14BrN3O3/c1-9-15-12(14)16-17(9)7-13(8-18,11(19)20)10-5-3-2-4-6-10/h2-6,18H,7-8H2,1H3,(H,19,20)/t13-/m1/s1. The van der Waals surface area contributed by atoms with Crippen LogP contribution in [0.25, 0.3) is 0 Å². The van der Waals surface area contributed by atoms with Crippen LogP contribution >= 0.6 is 15.9 Å². The van der Waals surface area contributed by atoms with Crippen LogP contribution in [0.15, 0.2) is 35.1 Å². The molecule has 0 saturated carbocycles. The van der Waals surface area contributed by atoms with Crippen molar-refractivity contribution in [1.29, 1.82) is 0 Å². The minimum Gasteiger partial charge on any atom is -0.480 e. The quantitative estimate of drug-likeness (QED) is 0.858. The highest BCUT2D eigenvalue weighted by molar-refractivity contribution is 9.10. The molecule has 0 bridgehead atoms. The number of aliphatic hydroxyl groups is 1. The maximum absolute atomic E-state index is 11.7. The molecule has 2 rings (SSSR count). The molecule has 0 aliphatic carbocycles. The van der Waals surface area contributed by atoms with Crippen molar-refractivity contribution in [2.45, 2.75) is 18.9 Å². The van der Waals surface area contributed by atoms with Crippen molar-refractivity contribution in [2.24, 2.45) is 0 Å². The van der Waals surface area contributed by atoms with Crippen LogP contribution in [0.3, 0.4) is 0 Å². The zero-order valence-corrected chi connectivity index (χ0v) is 12.4. The van der Waals surface area contributed by atoms with E-state index in [2.05, 4.69) is 26.0 Å². The van der Waals surface area contributed by atoms with E-state index in [4.69, 9.17) is 0 Å². The van der Waals surface area contributed by atoms with Gasteiger partial charge in [-0.25, -0.2) is 9.67 Å². The highest BCUT2D eigenvalue weighted by atomic mass is 79.9. The molecule has 106 valence electrons. The summed E-state index contributed by atoms with van der Waals surface area (Å²) in [5.41, 5.74) is -0.917. The molecule has 20 heavy (non-hydrogen) atoms. The Morgan fingerprint density at radius 2 is 2.05 bits per heavy atom. The van der Waals surface area contributed by atoms with Crippen molar-refractivity contribution >= 4 is 21.9 Å². The van der Waals surface area contributed by atoms with Crippen molar-refractivity contribution in [3.05, 3.63) is 46.5 Å². The summed E-state index contributed by atoms with van der Waals surface area (Å²) in [6, 6.07) is 8.65. The Morgan fingerprint density at radius 3 is 2.50 bits per heavy atom. The first-order chi connectivity index (χ1) is 9.49. The number of nitrogens with zero attached hydrogens (tertiary/aromatic N) is 3. The minimum absolute atomic E-state index is 0.00722. The lowest BCUT2D eigenvalue weighted by Gasteiger charge is -2.27. The zero-order chi connectivity index (χ0) is 14.8. The van der Waals surface area contributed by atoms with Crippen LogP contribution in [-0.2, 0) is 16.8 Å². The van der Waals surface area contributed by atoms with Crippen LogP contribution in [-0.4, -0.2) is 37.6 Å². The number of benzene rings is 1. The molecule has 1 atom stereocenters. The highest BCUT2D eigenvalue weighted by Crippen LogP contribution is 2.27. The summed E-state index contributed by atoms with van der Waals surface area (Å²) in [4.78, 5) is 15.8. The number of aromatic nitrogens is 3. The van der Waals surface area contributed by atoms with Crippen molar-refractivity contribution in [1.82, 2.24) is 14.8 Å². The second-order valence-electron chi connectivity index (χ2n) is 4.50. The van der Waals surface area contributed by atoms with Gasteiger partial charge in [0.25, 0.3) is 0 Å². The van der Waals surface area contributed by atoms with Gasteiger partial charge in [-0.15, -0.1) is 5.10 Å². The normalized spacial score (nSPS) is 13.9. The summed E-state index contributed by atoms with van der Waals surface area (Å²) in [5.74, 6) is -0.524. The number of aryl methyl sites for hydroxylation is 1. The molecule has 2 aromatic rings. The lowest BCUT2D eigenvalue weighted by atomic mass is 9.81. The molecule has 0 aliphatic rings. The van der Waals surface area contributed by atoms with Gasteiger partial charge in [0.15, 0.2) is 0 Å². The van der Waals surface area contributed by atoms with Gasteiger partial charge in [-0.05, 0) is 28.4 Å². The summed E-state index contributed by atoms with van der Waals surface area (Å²) in [7, 11) is 0. The molecule has 0 spiro atoms. The molecular weight excluding hydrogens is 326 g/mol. The number of hydrogen-bond donors (Lipinski definition) is 2. The van der Waals surface area contributed by atoms with Crippen molar-refractivity contribution < 1.29 is 15.0 Å². The Balaban J connectivity index is 2.48. The Bertz CT molecular complexity index is 615. The molecule has 1 heterocycles. The largest absolute Gasteiger partial charge is 0.480 e. The predicted octanol–water partition coefficient (Wildman–Crippen LogP) is 1.36. The molecule has 0 aliphatic heterocycles. The smallest absolute Gasteiger partial charge is 0.318 e. The summed E-state index contributed by atoms with van der Waals surface area (Å²) >= 11 is 3.15. The van der Waals surface area contributed by atoms with E-state index in [1.807, 2.05) is 0 Å². The topological polar surface area (TPSA) is 88.2 Å². The van der Waals surface area contributed by atoms with Crippen molar-refractivity contribution in [2.75, 3.05) is 6.61 Å². The van der Waals surface area contributed by atoms with Gasteiger partial charge in [0.2, 0.25) is 4.73 Å². The molecule has 0 unspecified atom stereocenters. The molecule has 0 fully saturated rings. The van der Waals surface area contributed by atoms with E-state index in [-0.39, 0.29) is 6.54 Å². The third-order valence-corrected chi connectivity index (χ3v) is 3.59. The first kappa shape index (κ1) is 14.7. The van der Waals surface area contributed by atoms with Gasteiger partial charge in [-0.1, -0.05) is 30.3 Å².